The van der Waals surface area contributed by atoms with Crippen molar-refractivity contribution in [2.75, 3.05) is 33.9 Å². The van der Waals surface area contributed by atoms with E-state index in [9.17, 15) is 14.4 Å². The van der Waals surface area contributed by atoms with Crippen LogP contribution in [0.3, 0.4) is 0 Å². The van der Waals surface area contributed by atoms with Crippen LogP contribution in [0.25, 0.3) is 12.2 Å². The number of nitrogens with one attached hydrogen (secondary N) is 2. The molecule has 0 bridgehead atoms. The molecule has 4 aromatic rings. The second kappa shape index (κ2) is 12.7. The topological polar surface area (TPSA) is 106 Å². The highest BCUT2D eigenvalue weighted by molar-refractivity contribution is 5.94. The molecule has 0 atom stereocenters. The number of carbonyl (C=O) groups excluding carboxylic acids is 1. The number of nitrogens with zero attached hydrogens (tertiary/aromatic N) is 2. The van der Waals surface area contributed by atoms with Crippen molar-refractivity contribution in [2.45, 2.75) is 13.0 Å². The summed E-state index contributed by atoms with van der Waals surface area (Å²) in [4.78, 5) is 43.8. The Morgan fingerprint density at radius 3 is 2.38 bits per heavy atom. The highest BCUT2D eigenvalue weighted by atomic mass is 16.5. The predicted molar refractivity (Wildman–Crippen MR) is 162 cm³/mol. The molecule has 9 nitrogen and oxygen atoms in total. The van der Waals surface area contributed by atoms with E-state index in [4.69, 9.17) is 9.47 Å². The summed E-state index contributed by atoms with van der Waals surface area (Å²) in [6, 6.07) is 20.4. The maximum Gasteiger partial charge on any atom is 0.274 e. The van der Waals surface area contributed by atoms with Crippen LogP contribution in [0.5, 0.6) is 11.5 Å². The average molecular weight is 567 g/mol. The highest BCUT2D eigenvalue weighted by Crippen LogP contribution is 2.33. The smallest absolute Gasteiger partial charge is 0.274 e. The van der Waals surface area contributed by atoms with Crippen molar-refractivity contribution in [3.05, 3.63) is 126 Å². The van der Waals surface area contributed by atoms with Gasteiger partial charge in [-0.1, -0.05) is 42.5 Å². The minimum Gasteiger partial charge on any atom is -0.493 e. The first-order chi connectivity index (χ1) is 20.4. The Hall–Kier alpha value is -4.89. The lowest BCUT2D eigenvalue weighted by Crippen LogP contribution is -2.52. The van der Waals surface area contributed by atoms with Gasteiger partial charge in [0.2, 0.25) is 0 Å². The van der Waals surface area contributed by atoms with E-state index in [1.54, 1.807) is 57.7 Å². The van der Waals surface area contributed by atoms with Gasteiger partial charge in [-0.2, -0.15) is 0 Å². The van der Waals surface area contributed by atoms with E-state index in [0.29, 0.717) is 30.0 Å². The number of aromatic nitrogens is 2. The van der Waals surface area contributed by atoms with Crippen LogP contribution in [0.15, 0.2) is 76.3 Å². The minimum atomic E-state index is -0.376. The van der Waals surface area contributed by atoms with Crippen molar-refractivity contribution in [3.63, 3.8) is 0 Å². The highest BCUT2D eigenvalue weighted by Gasteiger charge is 2.19. The van der Waals surface area contributed by atoms with Gasteiger partial charge in [-0.25, -0.2) is 0 Å². The summed E-state index contributed by atoms with van der Waals surface area (Å²) in [5.41, 5.74) is 3.65. The van der Waals surface area contributed by atoms with E-state index in [0.717, 1.165) is 30.8 Å². The van der Waals surface area contributed by atoms with Crippen molar-refractivity contribution >= 4 is 18.1 Å². The summed E-state index contributed by atoms with van der Waals surface area (Å²) in [5, 5.41) is 3.40. The zero-order valence-electron chi connectivity index (χ0n) is 24.0. The Balaban J connectivity index is 1.26. The fourth-order valence-electron chi connectivity index (χ4n) is 5.15. The summed E-state index contributed by atoms with van der Waals surface area (Å²) in [5.74, 6) is 1.25. The number of rotatable bonds is 8. The van der Waals surface area contributed by atoms with Gasteiger partial charge in [-0.3, -0.25) is 19.3 Å². The van der Waals surface area contributed by atoms with Crippen LogP contribution in [0.4, 0.5) is 0 Å². The third-order valence-corrected chi connectivity index (χ3v) is 7.45. The molecule has 9 heteroatoms. The van der Waals surface area contributed by atoms with E-state index in [1.165, 1.54) is 15.7 Å². The molecular formula is C33H34N4O5. The Labute approximate surface area is 243 Å². The van der Waals surface area contributed by atoms with E-state index >= 15 is 0 Å². The molecule has 1 aliphatic rings. The first kappa shape index (κ1) is 28.6. The molecule has 1 aromatic heterocycles. The lowest BCUT2D eigenvalue weighted by atomic mass is 9.99. The molecule has 5 rings (SSSR count). The summed E-state index contributed by atoms with van der Waals surface area (Å²) in [6.07, 6.45) is 4.15. The molecule has 2 N–H and O–H groups in total. The lowest BCUT2D eigenvalue weighted by Gasteiger charge is -2.29. The van der Waals surface area contributed by atoms with Crippen LogP contribution in [-0.2, 0) is 20.0 Å². The quantitative estimate of drug-likeness (QED) is 0.335. The Morgan fingerprint density at radius 1 is 0.929 bits per heavy atom. The van der Waals surface area contributed by atoms with Gasteiger partial charge < -0.3 is 24.3 Å². The van der Waals surface area contributed by atoms with Crippen molar-refractivity contribution in [2.24, 2.45) is 7.05 Å². The van der Waals surface area contributed by atoms with Gasteiger partial charge in [-0.15, -0.1) is 0 Å². The number of fused-ring (bicyclic) bond motifs is 1. The molecule has 42 heavy (non-hydrogen) atoms. The van der Waals surface area contributed by atoms with Gasteiger partial charge in [-0.05, 0) is 65.1 Å². The van der Waals surface area contributed by atoms with Crippen molar-refractivity contribution in [1.29, 1.82) is 0 Å². The van der Waals surface area contributed by atoms with Crippen LogP contribution in [0.2, 0.25) is 0 Å². The fourth-order valence-corrected chi connectivity index (χ4v) is 5.15. The number of H-pyrrole nitrogens is 1. The van der Waals surface area contributed by atoms with Crippen LogP contribution in [0.1, 0.15) is 32.6 Å². The molecule has 1 amide bonds. The van der Waals surface area contributed by atoms with Crippen LogP contribution in [-0.4, -0.2) is 54.2 Å². The first-order valence-corrected chi connectivity index (χ1v) is 13.8. The molecule has 0 fully saturated rings. The van der Waals surface area contributed by atoms with E-state index < -0.39 is 0 Å². The zero-order chi connectivity index (χ0) is 29.6. The van der Waals surface area contributed by atoms with E-state index in [1.807, 2.05) is 42.5 Å². The summed E-state index contributed by atoms with van der Waals surface area (Å²) < 4.78 is 12.2. The minimum absolute atomic E-state index is 0.143. The molecular weight excluding hydrogens is 532 g/mol. The third kappa shape index (κ3) is 6.37. The summed E-state index contributed by atoms with van der Waals surface area (Å²) >= 11 is 0. The molecule has 216 valence electrons. The molecule has 0 saturated carbocycles. The molecule has 1 aliphatic heterocycles. The van der Waals surface area contributed by atoms with Gasteiger partial charge in [0, 0.05) is 38.8 Å². The largest absolute Gasteiger partial charge is 0.493 e. The normalized spacial score (nSPS) is 14.0. The van der Waals surface area contributed by atoms with Crippen molar-refractivity contribution in [3.8, 4) is 11.5 Å². The third-order valence-electron chi connectivity index (χ3n) is 7.45. The second-order valence-corrected chi connectivity index (χ2v) is 10.2. The van der Waals surface area contributed by atoms with Crippen LogP contribution >= 0.6 is 0 Å². The number of methoxy groups -OCH3 is 2. The molecule has 3 aromatic carbocycles. The number of benzene rings is 3. The summed E-state index contributed by atoms with van der Waals surface area (Å²) in [6.45, 7) is 2.85. The van der Waals surface area contributed by atoms with Gasteiger partial charge in [0.1, 0.15) is 10.7 Å². The van der Waals surface area contributed by atoms with Gasteiger partial charge in [0.15, 0.2) is 11.5 Å². The standard InChI is InChI=1S/C33H34N4O5/c1-36-28(18-22-8-5-4-6-9-22)32(39)35-27(33(36)40)17-23-10-7-11-25(16-23)31(38)34-13-15-37-14-12-24-19-29(41-2)30(42-3)20-26(24)21-37/h4-11,16-20H,12-15,21H2,1-3H3,(H,34,38)(H,35,39)/b27-17-,28-18-. The Morgan fingerprint density at radius 2 is 1.64 bits per heavy atom. The Kier molecular flexibility index (Phi) is 8.68. The van der Waals surface area contributed by atoms with Crippen molar-refractivity contribution < 1.29 is 14.3 Å². The van der Waals surface area contributed by atoms with E-state index in [-0.39, 0.29) is 27.7 Å². The molecule has 0 unspecified atom stereocenters. The second-order valence-electron chi connectivity index (χ2n) is 10.2. The van der Waals surface area contributed by atoms with Crippen LogP contribution in [0, 0.1) is 0 Å². The molecule has 0 aliphatic carbocycles. The van der Waals surface area contributed by atoms with Gasteiger partial charge >= 0.3 is 0 Å². The molecule has 0 spiro atoms. The van der Waals surface area contributed by atoms with Crippen LogP contribution < -0.4 is 36.6 Å². The predicted octanol–water partition coefficient (Wildman–Crippen LogP) is 1.54. The zero-order valence-corrected chi connectivity index (χ0v) is 24.0. The number of aromatic amines is 1. The number of ether oxygens (including phenoxy) is 2. The lowest BCUT2D eigenvalue weighted by molar-refractivity contribution is 0.0947. The first-order valence-electron chi connectivity index (χ1n) is 13.8. The number of hydrogen-bond acceptors (Lipinski definition) is 6. The summed E-state index contributed by atoms with van der Waals surface area (Å²) in [7, 11) is 4.84. The van der Waals surface area contributed by atoms with Crippen molar-refractivity contribution in [1.82, 2.24) is 19.8 Å². The number of amides is 1. The van der Waals surface area contributed by atoms with E-state index in [2.05, 4.69) is 15.2 Å². The monoisotopic (exact) mass is 566 g/mol. The molecule has 0 radical (unpaired) electrons. The number of hydrogen-bond donors (Lipinski definition) is 2. The Bertz CT molecular complexity index is 1840. The fraction of sp³-hybridized carbons (Fsp3) is 0.242. The SMILES string of the molecule is COc1cc2c(cc1OC)CN(CCNC(=O)c1cccc(/C=c3\[nH]c(=O)/c(=C/c4ccccc4)n(C)c3=O)c1)CC2. The molecule has 2 heterocycles. The van der Waals surface area contributed by atoms with Gasteiger partial charge in [0.05, 0.1) is 14.2 Å². The number of carbonyl (C=O) groups is 1. The molecule has 0 saturated heterocycles. The average Bonchev–Trinajstić information content (AvgIpc) is 3.01. The maximum absolute atomic E-state index is 13.0. The maximum atomic E-state index is 13.0. The van der Waals surface area contributed by atoms with Gasteiger partial charge in [0.25, 0.3) is 17.0 Å².